The Balaban J connectivity index is 4.73. The number of allylic oxidation sites excluding steroid dienone is 1. The van der Waals surface area contributed by atoms with Crippen LogP contribution in [0.4, 0.5) is 0 Å². The van der Waals surface area contributed by atoms with Crippen LogP contribution in [-0.4, -0.2) is 18.9 Å². The van der Waals surface area contributed by atoms with Crippen LogP contribution in [0.5, 0.6) is 0 Å². The molecule has 1 atom stereocenters. The average molecular weight is 156 g/mol. The second-order valence-electron chi connectivity index (χ2n) is 2.63. The summed E-state index contributed by atoms with van der Waals surface area (Å²) in [6.07, 6.45) is 0. The molecule has 0 aliphatic rings. The molecule has 1 unspecified atom stereocenters. The van der Waals surface area contributed by atoms with E-state index in [0.717, 1.165) is 5.70 Å². The molecule has 0 aliphatic carbocycles. The van der Waals surface area contributed by atoms with Gasteiger partial charge in [0, 0.05) is 24.4 Å². The van der Waals surface area contributed by atoms with Crippen LogP contribution in [0.25, 0.3) is 0 Å². The average Bonchev–Trinajstić information content (AvgIpc) is 1.85. The molecule has 64 valence electrons. The minimum atomic E-state index is -0.194. The molecule has 0 aliphatic heterocycles. The van der Waals surface area contributed by atoms with Crippen molar-refractivity contribution in [3.05, 3.63) is 11.3 Å². The van der Waals surface area contributed by atoms with Gasteiger partial charge in [-0.3, -0.25) is 4.79 Å². The highest BCUT2D eigenvalue weighted by Crippen LogP contribution is 2.05. The van der Waals surface area contributed by atoms with Gasteiger partial charge in [-0.25, -0.2) is 0 Å². The molecule has 3 nitrogen and oxygen atoms in total. The zero-order valence-electron chi connectivity index (χ0n) is 7.56. The van der Waals surface area contributed by atoms with Gasteiger partial charge >= 0.3 is 0 Å². The zero-order chi connectivity index (χ0) is 9.02. The highest BCUT2D eigenvalue weighted by Gasteiger charge is 2.11. The van der Waals surface area contributed by atoms with E-state index >= 15 is 0 Å². The van der Waals surface area contributed by atoms with E-state index in [9.17, 15) is 4.79 Å². The molecule has 0 aromatic carbocycles. The predicted molar refractivity (Wildman–Crippen MR) is 46.1 cm³/mol. The van der Waals surface area contributed by atoms with Gasteiger partial charge in [0.05, 0.1) is 0 Å². The zero-order valence-corrected chi connectivity index (χ0v) is 7.56. The third-order valence-electron chi connectivity index (χ3n) is 1.61. The molecular formula is C8H16N2O. The summed E-state index contributed by atoms with van der Waals surface area (Å²) in [5.41, 5.74) is 7.12. The summed E-state index contributed by atoms with van der Waals surface area (Å²) < 4.78 is 0. The SMILES string of the molecule is CN/C(C)=C(/C(C)=O)C(C)N. The van der Waals surface area contributed by atoms with Crippen LogP contribution < -0.4 is 11.1 Å². The topological polar surface area (TPSA) is 55.1 Å². The molecule has 0 aromatic heterocycles. The molecule has 0 radical (unpaired) electrons. The van der Waals surface area contributed by atoms with Crippen LogP contribution in [0.3, 0.4) is 0 Å². The van der Waals surface area contributed by atoms with Crippen molar-refractivity contribution in [3.8, 4) is 0 Å². The molecule has 0 bridgehead atoms. The van der Waals surface area contributed by atoms with Crippen molar-refractivity contribution in [2.24, 2.45) is 5.73 Å². The summed E-state index contributed by atoms with van der Waals surface area (Å²) >= 11 is 0. The quantitative estimate of drug-likeness (QED) is 0.582. The molecule has 0 saturated carbocycles. The van der Waals surface area contributed by atoms with E-state index in [1.54, 1.807) is 14.0 Å². The molecule has 0 amide bonds. The summed E-state index contributed by atoms with van der Waals surface area (Å²) in [7, 11) is 1.78. The van der Waals surface area contributed by atoms with Gasteiger partial charge in [0.25, 0.3) is 0 Å². The van der Waals surface area contributed by atoms with Crippen LogP contribution in [-0.2, 0) is 4.79 Å². The fourth-order valence-corrected chi connectivity index (χ4v) is 1.06. The Labute approximate surface area is 67.7 Å². The highest BCUT2D eigenvalue weighted by molar-refractivity contribution is 5.94. The van der Waals surface area contributed by atoms with Crippen molar-refractivity contribution < 1.29 is 4.79 Å². The highest BCUT2D eigenvalue weighted by atomic mass is 16.1. The van der Waals surface area contributed by atoms with E-state index < -0.39 is 0 Å². The van der Waals surface area contributed by atoms with Gasteiger partial charge in [-0.05, 0) is 20.8 Å². The van der Waals surface area contributed by atoms with Crippen LogP contribution >= 0.6 is 0 Å². The molecule has 0 fully saturated rings. The molecule has 0 spiro atoms. The number of ketones is 1. The smallest absolute Gasteiger partial charge is 0.159 e. The Kier molecular flexibility index (Phi) is 3.82. The van der Waals surface area contributed by atoms with Gasteiger partial charge in [0.2, 0.25) is 0 Å². The number of carbonyl (C=O) groups is 1. The Bertz CT molecular complexity index is 183. The monoisotopic (exact) mass is 156 g/mol. The van der Waals surface area contributed by atoms with Crippen molar-refractivity contribution in [2.75, 3.05) is 7.05 Å². The molecule has 3 N–H and O–H groups in total. The van der Waals surface area contributed by atoms with E-state index in [1.165, 1.54) is 6.92 Å². The van der Waals surface area contributed by atoms with E-state index in [4.69, 9.17) is 5.73 Å². The number of Topliss-reactive ketones (excluding diaryl/α,β-unsaturated/α-hetero) is 1. The number of carbonyl (C=O) groups excluding carboxylic acids is 1. The van der Waals surface area contributed by atoms with E-state index in [2.05, 4.69) is 5.32 Å². The fourth-order valence-electron chi connectivity index (χ4n) is 1.06. The minimum absolute atomic E-state index is 0.0341. The van der Waals surface area contributed by atoms with E-state index in [-0.39, 0.29) is 11.8 Å². The number of rotatable bonds is 3. The number of nitrogens with two attached hydrogens (primary N) is 1. The third-order valence-corrected chi connectivity index (χ3v) is 1.61. The molecule has 0 aromatic rings. The van der Waals surface area contributed by atoms with Gasteiger partial charge < -0.3 is 11.1 Å². The van der Waals surface area contributed by atoms with E-state index in [1.807, 2.05) is 6.92 Å². The van der Waals surface area contributed by atoms with Crippen LogP contribution in [0.1, 0.15) is 20.8 Å². The number of hydrogen-bond acceptors (Lipinski definition) is 3. The lowest BCUT2D eigenvalue weighted by Gasteiger charge is -2.11. The summed E-state index contributed by atoms with van der Waals surface area (Å²) in [6.45, 7) is 5.18. The van der Waals surface area contributed by atoms with Gasteiger partial charge in [-0.2, -0.15) is 0 Å². The third kappa shape index (κ3) is 2.72. The summed E-state index contributed by atoms with van der Waals surface area (Å²) in [5.74, 6) is 0.0341. The maximum absolute atomic E-state index is 11.0. The molecule has 11 heavy (non-hydrogen) atoms. The first-order valence-electron chi connectivity index (χ1n) is 3.65. The summed E-state index contributed by atoms with van der Waals surface area (Å²) in [5, 5.41) is 2.91. The molecule has 3 heteroatoms. The predicted octanol–water partition coefficient (Wildman–Crippen LogP) is 0.416. The van der Waals surface area contributed by atoms with Gasteiger partial charge in [0.1, 0.15) is 0 Å². The normalized spacial score (nSPS) is 15.4. The van der Waals surface area contributed by atoms with Gasteiger partial charge in [0.15, 0.2) is 5.78 Å². The lowest BCUT2D eigenvalue weighted by atomic mass is 10.0. The lowest BCUT2D eigenvalue weighted by molar-refractivity contribution is -0.113. The second kappa shape index (κ2) is 4.13. The number of hydrogen-bond donors (Lipinski definition) is 2. The summed E-state index contributed by atoms with van der Waals surface area (Å²) in [6, 6.07) is -0.194. The van der Waals surface area contributed by atoms with Crippen molar-refractivity contribution in [3.63, 3.8) is 0 Å². The standard InChI is InChI=1S/C8H16N2O/c1-5(9)8(7(3)11)6(2)10-4/h5,10H,9H2,1-4H3/b8-6+. The van der Waals surface area contributed by atoms with Gasteiger partial charge in [-0.1, -0.05) is 0 Å². The van der Waals surface area contributed by atoms with Crippen LogP contribution in [0, 0.1) is 0 Å². The van der Waals surface area contributed by atoms with Crippen LogP contribution in [0.2, 0.25) is 0 Å². The Morgan fingerprint density at radius 1 is 1.45 bits per heavy atom. The van der Waals surface area contributed by atoms with E-state index in [0.29, 0.717) is 5.57 Å². The maximum atomic E-state index is 11.0. The molecule has 0 heterocycles. The minimum Gasteiger partial charge on any atom is -0.391 e. The first kappa shape index (κ1) is 10.2. The lowest BCUT2D eigenvalue weighted by Crippen LogP contribution is -2.26. The first-order chi connectivity index (χ1) is 5.00. The second-order valence-corrected chi connectivity index (χ2v) is 2.63. The Morgan fingerprint density at radius 3 is 2.00 bits per heavy atom. The molecule has 0 saturated heterocycles. The van der Waals surface area contributed by atoms with Crippen LogP contribution in [0.15, 0.2) is 11.3 Å². The van der Waals surface area contributed by atoms with Crippen molar-refractivity contribution in [2.45, 2.75) is 26.8 Å². The Morgan fingerprint density at radius 2 is 1.91 bits per heavy atom. The van der Waals surface area contributed by atoms with Crippen molar-refractivity contribution in [1.29, 1.82) is 0 Å². The Hall–Kier alpha value is -0.830. The first-order valence-corrected chi connectivity index (χ1v) is 3.65. The molecular weight excluding hydrogens is 140 g/mol. The number of nitrogens with one attached hydrogen (secondary N) is 1. The maximum Gasteiger partial charge on any atom is 0.159 e. The van der Waals surface area contributed by atoms with Crippen molar-refractivity contribution in [1.82, 2.24) is 5.32 Å². The largest absolute Gasteiger partial charge is 0.391 e. The van der Waals surface area contributed by atoms with Crippen molar-refractivity contribution >= 4 is 5.78 Å². The molecule has 0 rings (SSSR count). The summed E-state index contributed by atoms with van der Waals surface area (Å²) in [4.78, 5) is 11.0. The fraction of sp³-hybridized carbons (Fsp3) is 0.625. The van der Waals surface area contributed by atoms with Gasteiger partial charge in [-0.15, -0.1) is 0 Å².